The number of carbonyl (C=O) groups excluding carboxylic acids is 2. The number of nitrogens with one attached hydrogen (secondary N) is 2. The van der Waals surface area contributed by atoms with Gasteiger partial charge in [-0.15, -0.1) is 0 Å². The van der Waals surface area contributed by atoms with Gasteiger partial charge >= 0.3 is 11.8 Å². The maximum atomic E-state index is 13.7. The second kappa shape index (κ2) is 8.23. The summed E-state index contributed by atoms with van der Waals surface area (Å²) in [5, 5.41) is 4.60. The fraction of sp³-hybridized carbons (Fsp3) is 0.0476. The van der Waals surface area contributed by atoms with Crippen molar-refractivity contribution < 1.29 is 18.4 Å². The summed E-state index contributed by atoms with van der Waals surface area (Å²) in [5.74, 6) is -4.08. The Bertz CT molecular complexity index is 887. The summed E-state index contributed by atoms with van der Waals surface area (Å²) in [6.45, 7) is 0. The Balaban J connectivity index is 1.81. The second-order valence-electron chi connectivity index (χ2n) is 5.78. The third-order valence-electron chi connectivity index (χ3n) is 3.95. The Morgan fingerprint density at radius 3 is 1.63 bits per heavy atom. The molecule has 0 atom stereocenters. The lowest BCUT2D eigenvalue weighted by Crippen LogP contribution is -2.38. The van der Waals surface area contributed by atoms with Gasteiger partial charge in [-0.3, -0.25) is 9.59 Å². The van der Waals surface area contributed by atoms with E-state index < -0.39 is 35.2 Å². The smallest absolute Gasteiger partial charge is 0.313 e. The molecule has 0 aliphatic heterocycles. The van der Waals surface area contributed by atoms with Crippen molar-refractivity contribution in [2.45, 2.75) is 6.04 Å². The number of hydrogen-bond acceptors (Lipinski definition) is 2. The minimum atomic E-state index is -1.16. The Hall–Kier alpha value is -3.54. The maximum absolute atomic E-state index is 13.7. The summed E-state index contributed by atoms with van der Waals surface area (Å²) in [7, 11) is 0. The largest absolute Gasteiger partial charge is 0.337 e. The SMILES string of the molecule is O=C(Nc1c(F)cccc1F)C(=O)NC(c1ccccc1)c1ccccc1. The molecule has 0 bridgehead atoms. The molecule has 3 aromatic rings. The highest BCUT2D eigenvalue weighted by Gasteiger charge is 2.23. The standard InChI is InChI=1S/C21H16F2N2O2/c22-16-12-7-13-17(23)19(16)25-21(27)20(26)24-18(14-8-3-1-4-9-14)15-10-5-2-6-11-15/h1-13,18H,(H,24,26)(H,25,27). The van der Waals surface area contributed by atoms with Gasteiger partial charge in [0, 0.05) is 0 Å². The third kappa shape index (κ3) is 4.36. The van der Waals surface area contributed by atoms with Crippen LogP contribution in [0.5, 0.6) is 0 Å². The maximum Gasteiger partial charge on any atom is 0.313 e. The molecule has 0 unspecified atom stereocenters. The van der Waals surface area contributed by atoms with E-state index in [4.69, 9.17) is 0 Å². The molecular formula is C21H16F2N2O2. The molecule has 0 aliphatic rings. The lowest BCUT2D eigenvalue weighted by molar-refractivity contribution is -0.136. The van der Waals surface area contributed by atoms with E-state index in [9.17, 15) is 18.4 Å². The van der Waals surface area contributed by atoms with Gasteiger partial charge < -0.3 is 10.6 Å². The number of halogens is 2. The van der Waals surface area contributed by atoms with Crippen LogP contribution in [0.1, 0.15) is 17.2 Å². The van der Waals surface area contributed by atoms with Crippen molar-refractivity contribution in [1.82, 2.24) is 5.32 Å². The van der Waals surface area contributed by atoms with Crippen LogP contribution in [0.15, 0.2) is 78.9 Å². The van der Waals surface area contributed by atoms with Gasteiger partial charge in [0.25, 0.3) is 0 Å². The molecule has 0 saturated carbocycles. The monoisotopic (exact) mass is 366 g/mol. The van der Waals surface area contributed by atoms with Crippen LogP contribution < -0.4 is 10.6 Å². The molecule has 2 N–H and O–H groups in total. The number of anilines is 1. The highest BCUT2D eigenvalue weighted by atomic mass is 19.1. The van der Waals surface area contributed by atoms with Crippen LogP contribution in [0.2, 0.25) is 0 Å². The van der Waals surface area contributed by atoms with E-state index in [2.05, 4.69) is 5.32 Å². The van der Waals surface area contributed by atoms with E-state index in [1.165, 1.54) is 6.07 Å². The van der Waals surface area contributed by atoms with Gasteiger partial charge in [0.1, 0.15) is 17.3 Å². The van der Waals surface area contributed by atoms with Gasteiger partial charge in [0.2, 0.25) is 0 Å². The second-order valence-corrected chi connectivity index (χ2v) is 5.78. The number of rotatable bonds is 4. The first-order valence-corrected chi connectivity index (χ1v) is 8.22. The molecule has 4 nitrogen and oxygen atoms in total. The van der Waals surface area contributed by atoms with Gasteiger partial charge in [-0.2, -0.15) is 0 Å². The van der Waals surface area contributed by atoms with Gasteiger partial charge in [-0.25, -0.2) is 8.78 Å². The van der Waals surface area contributed by atoms with E-state index in [0.717, 1.165) is 23.3 Å². The van der Waals surface area contributed by atoms with Crippen molar-refractivity contribution >= 4 is 17.5 Å². The average Bonchev–Trinajstić information content (AvgIpc) is 2.70. The summed E-state index contributed by atoms with van der Waals surface area (Å²) in [6, 6.07) is 20.7. The van der Waals surface area contributed by atoms with Gasteiger partial charge in [-0.05, 0) is 23.3 Å². The van der Waals surface area contributed by atoms with E-state index in [0.29, 0.717) is 0 Å². The summed E-state index contributed by atoms with van der Waals surface area (Å²) in [5.41, 5.74) is 0.873. The lowest BCUT2D eigenvalue weighted by atomic mass is 9.99. The molecule has 3 rings (SSSR count). The average molecular weight is 366 g/mol. The zero-order valence-electron chi connectivity index (χ0n) is 14.2. The number of para-hydroxylation sites is 1. The highest BCUT2D eigenvalue weighted by molar-refractivity contribution is 6.39. The Labute approximate surface area is 154 Å². The normalized spacial score (nSPS) is 10.5. The minimum absolute atomic E-state index is 0.587. The van der Waals surface area contributed by atoms with Gasteiger partial charge in [0.05, 0.1) is 6.04 Å². The van der Waals surface area contributed by atoms with Crippen LogP contribution in [-0.2, 0) is 9.59 Å². The predicted molar refractivity (Wildman–Crippen MR) is 97.9 cm³/mol. The van der Waals surface area contributed by atoms with Crippen LogP contribution in [0.25, 0.3) is 0 Å². The van der Waals surface area contributed by atoms with Crippen LogP contribution in [-0.4, -0.2) is 11.8 Å². The molecule has 136 valence electrons. The molecule has 0 aromatic heterocycles. The molecule has 2 amide bonds. The lowest BCUT2D eigenvalue weighted by Gasteiger charge is -2.19. The number of benzene rings is 3. The molecule has 0 fully saturated rings. The molecule has 0 aliphatic carbocycles. The number of amides is 2. The number of carbonyl (C=O) groups is 2. The zero-order valence-corrected chi connectivity index (χ0v) is 14.2. The van der Waals surface area contributed by atoms with E-state index in [1.807, 2.05) is 66.0 Å². The third-order valence-corrected chi connectivity index (χ3v) is 3.95. The van der Waals surface area contributed by atoms with Crippen LogP contribution >= 0.6 is 0 Å². The van der Waals surface area contributed by atoms with Crippen LogP contribution in [0, 0.1) is 11.6 Å². The topological polar surface area (TPSA) is 58.2 Å². The molecule has 0 radical (unpaired) electrons. The minimum Gasteiger partial charge on any atom is -0.337 e. The van der Waals surface area contributed by atoms with Crippen molar-refractivity contribution in [2.75, 3.05) is 5.32 Å². The highest BCUT2D eigenvalue weighted by Crippen LogP contribution is 2.22. The van der Waals surface area contributed by atoms with E-state index in [-0.39, 0.29) is 0 Å². The van der Waals surface area contributed by atoms with Crippen LogP contribution in [0.4, 0.5) is 14.5 Å². The Morgan fingerprint density at radius 1 is 0.667 bits per heavy atom. The Morgan fingerprint density at radius 2 is 1.15 bits per heavy atom. The molecule has 6 heteroatoms. The molecule has 0 saturated heterocycles. The molecular weight excluding hydrogens is 350 g/mol. The molecule has 27 heavy (non-hydrogen) atoms. The first-order chi connectivity index (χ1) is 13.1. The van der Waals surface area contributed by atoms with Gasteiger partial charge in [0.15, 0.2) is 0 Å². The first kappa shape index (κ1) is 18.3. The van der Waals surface area contributed by atoms with Crippen molar-refractivity contribution in [2.24, 2.45) is 0 Å². The molecule has 0 heterocycles. The summed E-state index contributed by atoms with van der Waals surface area (Å²) < 4.78 is 27.4. The van der Waals surface area contributed by atoms with Gasteiger partial charge in [-0.1, -0.05) is 66.7 Å². The zero-order chi connectivity index (χ0) is 19.2. The predicted octanol–water partition coefficient (Wildman–Crippen LogP) is 3.81. The summed E-state index contributed by atoms with van der Waals surface area (Å²) in [6.07, 6.45) is 0. The molecule has 0 spiro atoms. The molecule has 3 aromatic carbocycles. The summed E-state index contributed by atoms with van der Waals surface area (Å²) in [4.78, 5) is 24.5. The fourth-order valence-corrected chi connectivity index (χ4v) is 2.63. The van der Waals surface area contributed by atoms with Crippen molar-refractivity contribution in [3.8, 4) is 0 Å². The van der Waals surface area contributed by atoms with Crippen molar-refractivity contribution in [3.63, 3.8) is 0 Å². The summed E-state index contributed by atoms with van der Waals surface area (Å²) >= 11 is 0. The number of hydrogen-bond donors (Lipinski definition) is 2. The van der Waals surface area contributed by atoms with Crippen molar-refractivity contribution in [1.29, 1.82) is 0 Å². The first-order valence-electron chi connectivity index (χ1n) is 8.22. The van der Waals surface area contributed by atoms with E-state index >= 15 is 0 Å². The van der Waals surface area contributed by atoms with Crippen LogP contribution in [0.3, 0.4) is 0 Å². The quantitative estimate of drug-likeness (QED) is 0.690. The fourth-order valence-electron chi connectivity index (χ4n) is 2.63. The Kier molecular flexibility index (Phi) is 5.56. The van der Waals surface area contributed by atoms with E-state index in [1.54, 1.807) is 0 Å². The van der Waals surface area contributed by atoms with Crippen molar-refractivity contribution in [3.05, 3.63) is 102 Å².